The van der Waals surface area contributed by atoms with Gasteiger partial charge in [-0.1, -0.05) is 13.8 Å². The summed E-state index contributed by atoms with van der Waals surface area (Å²) in [4.78, 5) is 13.9. The van der Waals surface area contributed by atoms with E-state index in [0.29, 0.717) is 12.0 Å². The lowest BCUT2D eigenvalue weighted by Gasteiger charge is -2.28. The van der Waals surface area contributed by atoms with E-state index in [1.165, 1.54) is 23.1 Å². The lowest BCUT2D eigenvalue weighted by atomic mass is 10.1. The topological polar surface area (TPSA) is 41.0 Å². The molecule has 4 nitrogen and oxygen atoms in total. The van der Waals surface area contributed by atoms with Gasteiger partial charge in [0.05, 0.1) is 5.39 Å². The summed E-state index contributed by atoms with van der Waals surface area (Å²) in [6.07, 6.45) is 4.27. The van der Waals surface area contributed by atoms with Gasteiger partial charge in [0.1, 0.15) is 17.0 Å². The van der Waals surface area contributed by atoms with E-state index < -0.39 is 0 Å². The molecule has 1 saturated heterocycles. The fraction of sp³-hybridized carbons (Fsp3) is 0.625. The molecule has 114 valence electrons. The molecule has 2 aromatic heterocycles. The molecule has 0 saturated carbocycles. The van der Waals surface area contributed by atoms with Gasteiger partial charge in [-0.3, -0.25) is 0 Å². The molecule has 0 radical (unpaired) electrons. The Bertz CT molecular complexity index is 601. The lowest BCUT2D eigenvalue weighted by Crippen LogP contribution is -2.40. The highest BCUT2D eigenvalue weighted by molar-refractivity contribution is 7.18. The Kier molecular flexibility index (Phi) is 4.40. The molecule has 0 aliphatic carbocycles. The van der Waals surface area contributed by atoms with Crippen molar-refractivity contribution in [3.8, 4) is 0 Å². The monoisotopic (exact) mass is 304 g/mol. The molecule has 3 heterocycles. The Morgan fingerprint density at radius 3 is 3.00 bits per heavy atom. The van der Waals surface area contributed by atoms with E-state index in [1.54, 1.807) is 17.7 Å². The third-order valence-corrected chi connectivity index (χ3v) is 4.88. The molecule has 21 heavy (non-hydrogen) atoms. The highest BCUT2D eigenvalue weighted by atomic mass is 32.1. The second-order valence-electron chi connectivity index (χ2n) is 6.37. The van der Waals surface area contributed by atoms with Crippen LogP contribution in [0.25, 0.3) is 10.2 Å². The maximum atomic E-state index is 4.61. The molecule has 0 spiro atoms. The van der Waals surface area contributed by atoms with Crippen molar-refractivity contribution in [3.63, 3.8) is 0 Å². The molecule has 3 rings (SSSR count). The van der Waals surface area contributed by atoms with Crippen LogP contribution < -0.4 is 10.2 Å². The summed E-state index contributed by atoms with van der Waals surface area (Å²) in [5, 5.41) is 4.81. The van der Waals surface area contributed by atoms with Crippen LogP contribution in [0.5, 0.6) is 0 Å². The van der Waals surface area contributed by atoms with Gasteiger partial charge in [-0.25, -0.2) is 9.97 Å². The third kappa shape index (κ3) is 3.35. The van der Waals surface area contributed by atoms with Crippen molar-refractivity contribution in [1.82, 2.24) is 15.3 Å². The van der Waals surface area contributed by atoms with Crippen LogP contribution in [0, 0.1) is 12.8 Å². The molecular weight excluding hydrogens is 280 g/mol. The Labute approximate surface area is 130 Å². The van der Waals surface area contributed by atoms with Gasteiger partial charge in [0.25, 0.3) is 0 Å². The van der Waals surface area contributed by atoms with Gasteiger partial charge < -0.3 is 10.2 Å². The SMILES string of the molecule is Cc1cc2c(N(CC(C)C)CC3CCCN3)ncnc2s1. The maximum absolute atomic E-state index is 4.61. The predicted octanol–water partition coefficient (Wildman–Crippen LogP) is 3.21. The second-order valence-corrected chi connectivity index (χ2v) is 7.60. The minimum absolute atomic E-state index is 0.591. The van der Waals surface area contributed by atoms with Crippen LogP contribution >= 0.6 is 11.3 Å². The summed E-state index contributed by atoms with van der Waals surface area (Å²) in [5.41, 5.74) is 0. The molecular formula is C16H24N4S. The third-order valence-electron chi connectivity index (χ3n) is 3.92. The summed E-state index contributed by atoms with van der Waals surface area (Å²) < 4.78 is 0. The molecule has 1 aliphatic rings. The van der Waals surface area contributed by atoms with Crippen LogP contribution in [0.3, 0.4) is 0 Å². The van der Waals surface area contributed by atoms with Gasteiger partial charge in [-0.15, -0.1) is 11.3 Å². The number of fused-ring (bicyclic) bond motifs is 1. The highest BCUT2D eigenvalue weighted by Gasteiger charge is 2.21. The number of aryl methyl sites for hydroxylation is 1. The van der Waals surface area contributed by atoms with E-state index >= 15 is 0 Å². The van der Waals surface area contributed by atoms with Crippen molar-refractivity contribution in [1.29, 1.82) is 0 Å². The van der Waals surface area contributed by atoms with E-state index in [2.05, 4.69) is 47.0 Å². The summed E-state index contributed by atoms with van der Waals surface area (Å²) in [6, 6.07) is 2.82. The number of hydrogen-bond donors (Lipinski definition) is 1. The fourth-order valence-electron chi connectivity index (χ4n) is 3.08. The molecule has 0 aromatic carbocycles. The Balaban J connectivity index is 1.92. The van der Waals surface area contributed by atoms with Crippen LogP contribution in [0.1, 0.15) is 31.6 Å². The van der Waals surface area contributed by atoms with Crippen molar-refractivity contribution in [2.75, 3.05) is 24.5 Å². The normalized spacial score (nSPS) is 18.8. The minimum atomic E-state index is 0.591. The zero-order chi connectivity index (χ0) is 14.8. The van der Waals surface area contributed by atoms with Crippen LogP contribution in [0.4, 0.5) is 5.82 Å². The zero-order valence-electron chi connectivity index (χ0n) is 13.1. The number of rotatable bonds is 5. The van der Waals surface area contributed by atoms with Gasteiger partial charge in [-0.2, -0.15) is 0 Å². The Hall–Kier alpha value is -1.20. The number of anilines is 1. The summed E-state index contributed by atoms with van der Waals surface area (Å²) >= 11 is 1.75. The van der Waals surface area contributed by atoms with Crippen LogP contribution in [0.2, 0.25) is 0 Å². The van der Waals surface area contributed by atoms with Crippen LogP contribution in [-0.4, -0.2) is 35.6 Å². The molecule has 0 amide bonds. The minimum Gasteiger partial charge on any atom is -0.354 e. The number of thiophene rings is 1. The van der Waals surface area contributed by atoms with Gasteiger partial charge >= 0.3 is 0 Å². The first kappa shape index (κ1) is 14.7. The summed E-state index contributed by atoms with van der Waals surface area (Å²) in [5.74, 6) is 1.72. The maximum Gasteiger partial charge on any atom is 0.140 e. The molecule has 5 heteroatoms. The van der Waals surface area contributed by atoms with Crippen molar-refractivity contribution in [2.24, 2.45) is 5.92 Å². The number of aromatic nitrogens is 2. The first-order chi connectivity index (χ1) is 10.1. The van der Waals surface area contributed by atoms with Crippen molar-refractivity contribution in [2.45, 2.75) is 39.7 Å². The largest absolute Gasteiger partial charge is 0.354 e. The van der Waals surface area contributed by atoms with Crippen LogP contribution in [-0.2, 0) is 0 Å². The van der Waals surface area contributed by atoms with Gasteiger partial charge in [0.2, 0.25) is 0 Å². The summed E-state index contributed by atoms with van der Waals surface area (Å²) in [6.45, 7) is 9.91. The molecule has 0 bridgehead atoms. The Morgan fingerprint density at radius 2 is 2.29 bits per heavy atom. The number of nitrogens with zero attached hydrogens (tertiary/aromatic N) is 3. The number of nitrogens with one attached hydrogen (secondary N) is 1. The molecule has 1 fully saturated rings. The highest BCUT2D eigenvalue weighted by Crippen LogP contribution is 2.30. The predicted molar refractivity (Wildman–Crippen MR) is 90.2 cm³/mol. The molecule has 2 aromatic rings. The first-order valence-electron chi connectivity index (χ1n) is 7.83. The van der Waals surface area contributed by atoms with E-state index in [9.17, 15) is 0 Å². The first-order valence-corrected chi connectivity index (χ1v) is 8.64. The summed E-state index contributed by atoms with van der Waals surface area (Å²) in [7, 11) is 0. The molecule has 1 aliphatic heterocycles. The van der Waals surface area contributed by atoms with E-state index in [1.807, 2.05) is 0 Å². The fourth-order valence-corrected chi connectivity index (χ4v) is 3.92. The molecule has 1 unspecified atom stereocenters. The van der Waals surface area contributed by atoms with Gasteiger partial charge in [0, 0.05) is 24.0 Å². The number of hydrogen-bond acceptors (Lipinski definition) is 5. The zero-order valence-corrected chi connectivity index (χ0v) is 13.9. The quantitative estimate of drug-likeness (QED) is 0.921. The van der Waals surface area contributed by atoms with Crippen LogP contribution in [0.15, 0.2) is 12.4 Å². The van der Waals surface area contributed by atoms with E-state index in [0.717, 1.165) is 30.3 Å². The molecule has 1 atom stereocenters. The van der Waals surface area contributed by atoms with Crippen molar-refractivity contribution in [3.05, 3.63) is 17.3 Å². The van der Waals surface area contributed by atoms with E-state index in [-0.39, 0.29) is 0 Å². The Morgan fingerprint density at radius 1 is 1.43 bits per heavy atom. The average molecular weight is 304 g/mol. The average Bonchev–Trinajstić information content (AvgIpc) is 3.04. The standard InChI is InChI=1S/C16H24N4S/c1-11(2)8-20(9-13-5-4-6-17-13)15-14-7-12(3)21-16(14)19-10-18-15/h7,10-11,13,17H,4-6,8-9H2,1-3H3. The smallest absolute Gasteiger partial charge is 0.140 e. The van der Waals surface area contributed by atoms with Gasteiger partial charge in [0.15, 0.2) is 0 Å². The van der Waals surface area contributed by atoms with Crippen molar-refractivity contribution < 1.29 is 0 Å². The molecule has 1 N–H and O–H groups in total. The second kappa shape index (κ2) is 6.28. The van der Waals surface area contributed by atoms with Crippen molar-refractivity contribution >= 4 is 27.4 Å². The lowest BCUT2D eigenvalue weighted by molar-refractivity contribution is 0.538. The van der Waals surface area contributed by atoms with Gasteiger partial charge in [-0.05, 0) is 38.3 Å². The van der Waals surface area contributed by atoms with E-state index in [4.69, 9.17) is 0 Å².